The van der Waals surface area contributed by atoms with Crippen LogP contribution in [0.1, 0.15) is 13.3 Å². The number of nitrogens with zero attached hydrogens (tertiary/aromatic N) is 2. The van der Waals surface area contributed by atoms with Gasteiger partial charge >= 0.3 is 0 Å². The quantitative estimate of drug-likeness (QED) is 0.764. The van der Waals surface area contributed by atoms with Crippen molar-refractivity contribution in [3.8, 4) is 0 Å². The summed E-state index contributed by atoms with van der Waals surface area (Å²) in [5.74, 6) is 0.368. The summed E-state index contributed by atoms with van der Waals surface area (Å²) in [5, 5.41) is 0.472. The second-order valence-electron chi connectivity index (χ2n) is 3.58. The normalized spacial score (nSPS) is 18.5. The Morgan fingerprint density at radius 1 is 1.35 bits per heavy atom. The number of thioether (sulfide) groups is 1. The average Bonchev–Trinajstić information content (AvgIpc) is 2.29. The monoisotopic (exact) mass is 248 g/mol. The fraction of sp³-hybridized carbons (Fsp3) is 0.250. The third-order valence-electron chi connectivity index (χ3n) is 2.26. The molecule has 0 N–H and O–H groups in total. The average molecular weight is 248 g/mol. The summed E-state index contributed by atoms with van der Waals surface area (Å²) in [7, 11) is 0. The van der Waals surface area contributed by atoms with Crippen LogP contribution in [0.4, 0.5) is 5.69 Å². The Hall–Kier alpha value is -1.62. The van der Waals surface area contributed by atoms with E-state index in [1.165, 1.54) is 23.6 Å². The van der Waals surface area contributed by atoms with Crippen LogP contribution in [0.25, 0.3) is 0 Å². The summed E-state index contributed by atoms with van der Waals surface area (Å²) in [5.41, 5.74) is 0.754. The fourth-order valence-corrected chi connectivity index (χ4v) is 2.55. The zero-order valence-electron chi connectivity index (χ0n) is 9.42. The number of benzene rings is 1. The van der Waals surface area contributed by atoms with Gasteiger partial charge in [0.25, 0.3) is 0 Å². The highest BCUT2D eigenvalue weighted by molar-refractivity contribution is 8.14. The van der Waals surface area contributed by atoms with Crippen molar-refractivity contribution in [2.75, 3.05) is 10.7 Å². The van der Waals surface area contributed by atoms with E-state index >= 15 is 0 Å². The molecule has 2 amide bonds. The van der Waals surface area contributed by atoms with E-state index in [0.29, 0.717) is 17.3 Å². The van der Waals surface area contributed by atoms with Gasteiger partial charge in [0.05, 0.1) is 5.69 Å². The number of anilines is 1. The number of carbonyl (C=O) groups excluding carboxylic acids is 2. The van der Waals surface area contributed by atoms with Gasteiger partial charge in [-0.3, -0.25) is 14.5 Å². The summed E-state index contributed by atoms with van der Waals surface area (Å²) >= 11 is 1.43. The molecule has 1 fully saturated rings. The van der Waals surface area contributed by atoms with Crippen LogP contribution in [0.5, 0.6) is 0 Å². The standard InChI is InChI=1S/C12H12N2O2S/c1-9(15)13-12-14(11(16)7-8-17-12)10-5-3-2-4-6-10/h2-6H,7-8H2,1H3. The first-order chi connectivity index (χ1) is 8.18. The number of amides is 2. The molecule has 88 valence electrons. The Labute approximate surface area is 104 Å². The number of carbonyl (C=O) groups is 2. The molecule has 0 bridgehead atoms. The molecule has 0 spiro atoms. The van der Waals surface area contributed by atoms with Crippen LogP contribution in [0.15, 0.2) is 35.3 Å². The SMILES string of the molecule is CC(=O)N=C1SCCC(=O)N1c1ccccc1. The number of hydrogen-bond acceptors (Lipinski definition) is 3. The van der Waals surface area contributed by atoms with Gasteiger partial charge in [-0.05, 0) is 12.1 Å². The molecular formula is C12H12N2O2S. The molecule has 0 atom stereocenters. The van der Waals surface area contributed by atoms with Gasteiger partial charge in [0.15, 0.2) is 5.17 Å². The fourth-order valence-electron chi connectivity index (χ4n) is 1.56. The smallest absolute Gasteiger partial charge is 0.244 e. The molecule has 0 saturated carbocycles. The summed E-state index contributed by atoms with van der Waals surface area (Å²) in [6.45, 7) is 1.38. The van der Waals surface area contributed by atoms with Crippen LogP contribution < -0.4 is 4.90 Å². The first kappa shape index (κ1) is 11.9. The summed E-state index contributed by atoms with van der Waals surface area (Å²) in [6.07, 6.45) is 0.469. The highest BCUT2D eigenvalue weighted by Gasteiger charge is 2.26. The van der Waals surface area contributed by atoms with E-state index in [9.17, 15) is 9.59 Å². The molecule has 1 heterocycles. The number of para-hydroxylation sites is 1. The van der Waals surface area contributed by atoms with Crippen molar-refractivity contribution in [1.82, 2.24) is 0 Å². The van der Waals surface area contributed by atoms with Crippen LogP contribution >= 0.6 is 11.8 Å². The first-order valence-electron chi connectivity index (χ1n) is 5.28. The third-order valence-corrected chi connectivity index (χ3v) is 3.20. The van der Waals surface area contributed by atoms with Crippen LogP contribution in [0, 0.1) is 0 Å². The second kappa shape index (κ2) is 5.14. The van der Waals surface area contributed by atoms with Crippen LogP contribution in [0.2, 0.25) is 0 Å². The zero-order chi connectivity index (χ0) is 12.3. The van der Waals surface area contributed by atoms with Crippen LogP contribution in [-0.2, 0) is 9.59 Å². The van der Waals surface area contributed by atoms with Crippen LogP contribution in [0.3, 0.4) is 0 Å². The van der Waals surface area contributed by atoms with E-state index in [1.54, 1.807) is 0 Å². The van der Waals surface area contributed by atoms with E-state index in [2.05, 4.69) is 4.99 Å². The Morgan fingerprint density at radius 3 is 2.71 bits per heavy atom. The molecule has 4 nitrogen and oxygen atoms in total. The second-order valence-corrected chi connectivity index (χ2v) is 4.64. The Bertz CT molecular complexity index is 471. The maximum atomic E-state index is 11.9. The number of amidine groups is 1. The third kappa shape index (κ3) is 2.74. The van der Waals surface area contributed by atoms with E-state index in [4.69, 9.17) is 0 Å². The van der Waals surface area contributed by atoms with Crippen molar-refractivity contribution in [3.05, 3.63) is 30.3 Å². The minimum atomic E-state index is -0.289. The number of rotatable bonds is 1. The van der Waals surface area contributed by atoms with Gasteiger partial charge in [0, 0.05) is 19.1 Å². The Morgan fingerprint density at radius 2 is 2.06 bits per heavy atom. The molecular weight excluding hydrogens is 236 g/mol. The molecule has 0 unspecified atom stereocenters. The minimum absolute atomic E-state index is 0.0186. The molecule has 2 rings (SSSR count). The summed E-state index contributed by atoms with van der Waals surface area (Å²) < 4.78 is 0. The molecule has 17 heavy (non-hydrogen) atoms. The lowest BCUT2D eigenvalue weighted by Gasteiger charge is -2.27. The number of aliphatic imine (C=N–C) groups is 1. The van der Waals surface area contributed by atoms with Gasteiger partial charge in [0.1, 0.15) is 0 Å². The lowest BCUT2D eigenvalue weighted by Crippen LogP contribution is -2.39. The molecule has 1 aromatic carbocycles. The molecule has 5 heteroatoms. The number of hydrogen-bond donors (Lipinski definition) is 0. The van der Waals surface area contributed by atoms with Gasteiger partial charge in [0.2, 0.25) is 11.8 Å². The van der Waals surface area contributed by atoms with Crippen LogP contribution in [-0.4, -0.2) is 22.7 Å². The lowest BCUT2D eigenvalue weighted by molar-refractivity contribution is -0.117. The maximum Gasteiger partial charge on any atom is 0.244 e. The van der Waals surface area contributed by atoms with E-state index < -0.39 is 0 Å². The van der Waals surface area contributed by atoms with E-state index in [0.717, 1.165) is 5.69 Å². The summed E-state index contributed by atoms with van der Waals surface area (Å²) in [4.78, 5) is 28.4. The molecule has 0 radical (unpaired) electrons. The van der Waals surface area contributed by atoms with E-state index in [-0.39, 0.29) is 11.8 Å². The Balaban J connectivity index is 2.38. The first-order valence-corrected chi connectivity index (χ1v) is 6.27. The van der Waals surface area contributed by atoms with Crippen molar-refractivity contribution >= 4 is 34.4 Å². The Kier molecular flexibility index (Phi) is 3.58. The highest BCUT2D eigenvalue weighted by atomic mass is 32.2. The van der Waals surface area contributed by atoms with Crippen molar-refractivity contribution in [2.45, 2.75) is 13.3 Å². The van der Waals surface area contributed by atoms with Gasteiger partial charge in [-0.15, -0.1) is 0 Å². The largest absolute Gasteiger partial charge is 0.274 e. The van der Waals surface area contributed by atoms with Crippen molar-refractivity contribution in [2.24, 2.45) is 4.99 Å². The van der Waals surface area contributed by atoms with Gasteiger partial charge in [-0.25, -0.2) is 0 Å². The molecule has 0 aromatic heterocycles. The highest BCUT2D eigenvalue weighted by Crippen LogP contribution is 2.25. The van der Waals surface area contributed by atoms with E-state index in [1.807, 2.05) is 30.3 Å². The lowest BCUT2D eigenvalue weighted by atomic mass is 10.3. The van der Waals surface area contributed by atoms with Gasteiger partial charge < -0.3 is 0 Å². The molecule has 1 saturated heterocycles. The van der Waals surface area contributed by atoms with Crippen molar-refractivity contribution in [1.29, 1.82) is 0 Å². The van der Waals surface area contributed by atoms with Gasteiger partial charge in [-0.2, -0.15) is 4.99 Å². The zero-order valence-corrected chi connectivity index (χ0v) is 10.2. The predicted octanol–water partition coefficient (Wildman–Crippen LogP) is 2.06. The maximum absolute atomic E-state index is 11.9. The molecule has 1 aromatic rings. The molecule has 1 aliphatic rings. The predicted molar refractivity (Wildman–Crippen MR) is 69.1 cm³/mol. The van der Waals surface area contributed by atoms with Gasteiger partial charge in [-0.1, -0.05) is 30.0 Å². The molecule has 1 aliphatic heterocycles. The summed E-state index contributed by atoms with van der Waals surface area (Å²) in [6, 6.07) is 9.26. The topological polar surface area (TPSA) is 49.7 Å². The molecule has 0 aliphatic carbocycles. The van der Waals surface area contributed by atoms with Crippen molar-refractivity contribution < 1.29 is 9.59 Å². The van der Waals surface area contributed by atoms with Crippen molar-refractivity contribution in [3.63, 3.8) is 0 Å². The minimum Gasteiger partial charge on any atom is -0.274 e.